The Morgan fingerprint density at radius 1 is 1.26 bits per heavy atom. The molecular formula is C16H20ClN5S. The number of anilines is 1. The van der Waals surface area contributed by atoms with Gasteiger partial charge in [0.2, 0.25) is 5.95 Å². The Morgan fingerprint density at radius 2 is 2.04 bits per heavy atom. The van der Waals surface area contributed by atoms with Crippen LogP contribution >= 0.6 is 23.8 Å². The van der Waals surface area contributed by atoms with E-state index < -0.39 is 0 Å². The summed E-state index contributed by atoms with van der Waals surface area (Å²) in [7, 11) is 0. The maximum Gasteiger partial charge on any atom is 0.248 e. The minimum absolute atomic E-state index is 0.467. The number of hydrogen-bond acceptors (Lipinski definition) is 3. The van der Waals surface area contributed by atoms with Crippen molar-refractivity contribution >= 4 is 34.9 Å². The molecule has 1 aliphatic rings. The second-order valence-electron chi connectivity index (χ2n) is 5.79. The summed E-state index contributed by atoms with van der Waals surface area (Å²) < 4.78 is 1.74. The first-order valence-corrected chi connectivity index (χ1v) is 8.70. The average Bonchev–Trinajstić information content (AvgIpc) is 2.97. The van der Waals surface area contributed by atoms with Crippen LogP contribution in [-0.4, -0.2) is 25.9 Å². The van der Waals surface area contributed by atoms with E-state index in [9.17, 15) is 0 Å². The van der Waals surface area contributed by atoms with Crippen molar-refractivity contribution in [3.8, 4) is 0 Å². The van der Waals surface area contributed by atoms with Gasteiger partial charge in [-0.2, -0.15) is 0 Å². The van der Waals surface area contributed by atoms with E-state index in [0.717, 1.165) is 10.6 Å². The Bertz CT molecular complexity index is 666. The molecule has 1 fully saturated rings. The quantitative estimate of drug-likeness (QED) is 0.826. The van der Waals surface area contributed by atoms with Crippen molar-refractivity contribution in [3.63, 3.8) is 0 Å². The van der Waals surface area contributed by atoms with Crippen LogP contribution in [0.4, 0.5) is 5.95 Å². The number of aromatic nitrogens is 3. The van der Waals surface area contributed by atoms with Gasteiger partial charge in [0.15, 0.2) is 5.11 Å². The highest BCUT2D eigenvalue weighted by Gasteiger charge is 2.14. The molecule has 0 aliphatic heterocycles. The van der Waals surface area contributed by atoms with Gasteiger partial charge >= 0.3 is 0 Å². The summed E-state index contributed by atoms with van der Waals surface area (Å²) in [6.07, 6.45) is 7.89. The minimum Gasteiger partial charge on any atom is -0.360 e. The average molecular weight is 350 g/mol. The van der Waals surface area contributed by atoms with Crippen LogP contribution in [0, 0.1) is 0 Å². The molecule has 2 aromatic rings. The Kier molecular flexibility index (Phi) is 5.46. The molecule has 0 unspecified atom stereocenters. The van der Waals surface area contributed by atoms with Gasteiger partial charge in [0, 0.05) is 11.1 Å². The maximum atomic E-state index is 6.17. The van der Waals surface area contributed by atoms with E-state index >= 15 is 0 Å². The first kappa shape index (κ1) is 16.2. The SMILES string of the molecule is S=C(Nc1ncn(Cc2ccccc2Cl)n1)NC1CCCCC1. The lowest BCUT2D eigenvalue weighted by Crippen LogP contribution is -2.39. The molecule has 1 aromatic heterocycles. The van der Waals surface area contributed by atoms with Crippen LogP contribution in [0.1, 0.15) is 37.7 Å². The van der Waals surface area contributed by atoms with E-state index in [2.05, 4.69) is 20.7 Å². The summed E-state index contributed by atoms with van der Waals surface area (Å²) in [6, 6.07) is 8.19. The van der Waals surface area contributed by atoms with E-state index in [1.807, 2.05) is 24.3 Å². The Balaban J connectivity index is 1.54. The molecule has 0 atom stereocenters. The van der Waals surface area contributed by atoms with E-state index in [-0.39, 0.29) is 0 Å². The molecular weight excluding hydrogens is 330 g/mol. The third kappa shape index (κ3) is 4.65. The molecule has 122 valence electrons. The van der Waals surface area contributed by atoms with Gasteiger partial charge in [-0.25, -0.2) is 9.67 Å². The van der Waals surface area contributed by atoms with E-state index in [4.69, 9.17) is 23.8 Å². The van der Waals surface area contributed by atoms with Crippen molar-refractivity contribution in [3.05, 3.63) is 41.2 Å². The first-order valence-electron chi connectivity index (χ1n) is 7.91. The molecule has 0 radical (unpaired) electrons. The standard InChI is InChI=1S/C16H20ClN5S/c17-14-9-5-4-6-12(14)10-22-11-18-15(21-22)20-16(23)19-13-7-2-1-3-8-13/h4-6,9,11,13H,1-3,7-8,10H2,(H2,19,20,21,23). The van der Waals surface area contributed by atoms with Crippen LogP contribution in [0.15, 0.2) is 30.6 Å². The van der Waals surface area contributed by atoms with Gasteiger partial charge in [-0.15, -0.1) is 5.10 Å². The van der Waals surface area contributed by atoms with Gasteiger partial charge in [0.1, 0.15) is 6.33 Å². The van der Waals surface area contributed by atoms with Gasteiger partial charge in [0.05, 0.1) is 6.54 Å². The second-order valence-corrected chi connectivity index (χ2v) is 6.61. The van der Waals surface area contributed by atoms with Crippen LogP contribution < -0.4 is 10.6 Å². The summed E-state index contributed by atoms with van der Waals surface area (Å²) in [5.41, 5.74) is 1.01. The smallest absolute Gasteiger partial charge is 0.248 e. The predicted molar refractivity (Wildman–Crippen MR) is 96.8 cm³/mol. The molecule has 1 saturated carbocycles. The van der Waals surface area contributed by atoms with Gasteiger partial charge in [-0.1, -0.05) is 49.1 Å². The molecule has 23 heavy (non-hydrogen) atoms. The Morgan fingerprint density at radius 3 is 2.83 bits per heavy atom. The summed E-state index contributed by atoms with van der Waals surface area (Å²) in [5.74, 6) is 0.505. The van der Waals surface area contributed by atoms with Crippen LogP contribution in [0.5, 0.6) is 0 Å². The maximum absolute atomic E-state index is 6.17. The highest BCUT2D eigenvalue weighted by Crippen LogP contribution is 2.18. The van der Waals surface area contributed by atoms with Crippen LogP contribution in [0.3, 0.4) is 0 Å². The zero-order valence-corrected chi connectivity index (χ0v) is 14.4. The lowest BCUT2D eigenvalue weighted by atomic mass is 9.96. The lowest BCUT2D eigenvalue weighted by Gasteiger charge is -2.23. The fraction of sp³-hybridized carbons (Fsp3) is 0.438. The van der Waals surface area contributed by atoms with Crippen LogP contribution in [0.25, 0.3) is 0 Å². The monoisotopic (exact) mass is 349 g/mol. The zero-order valence-electron chi connectivity index (χ0n) is 12.8. The third-order valence-corrected chi connectivity index (χ3v) is 4.58. The molecule has 0 amide bonds. The van der Waals surface area contributed by atoms with Crippen LogP contribution in [-0.2, 0) is 6.54 Å². The summed E-state index contributed by atoms with van der Waals surface area (Å²) in [5, 5.41) is 12.1. The van der Waals surface area contributed by atoms with Gasteiger partial charge in [-0.3, -0.25) is 5.32 Å². The second kappa shape index (κ2) is 7.75. The number of hydrogen-bond donors (Lipinski definition) is 2. The van der Waals surface area contributed by atoms with E-state index in [1.54, 1.807) is 11.0 Å². The first-order chi connectivity index (χ1) is 11.2. The van der Waals surface area contributed by atoms with E-state index in [0.29, 0.717) is 23.6 Å². The van der Waals surface area contributed by atoms with Crippen molar-refractivity contribution in [2.45, 2.75) is 44.7 Å². The number of thiocarbonyl (C=S) groups is 1. The van der Waals surface area contributed by atoms with Gasteiger partial charge in [0.25, 0.3) is 0 Å². The molecule has 1 aliphatic carbocycles. The molecule has 7 heteroatoms. The topological polar surface area (TPSA) is 54.8 Å². The summed E-state index contributed by atoms with van der Waals surface area (Å²) >= 11 is 11.5. The summed E-state index contributed by atoms with van der Waals surface area (Å²) in [4.78, 5) is 4.25. The zero-order chi connectivity index (χ0) is 16.1. The van der Waals surface area contributed by atoms with Crippen molar-refractivity contribution in [2.24, 2.45) is 0 Å². The highest BCUT2D eigenvalue weighted by atomic mass is 35.5. The molecule has 1 aromatic carbocycles. The molecule has 0 spiro atoms. The number of nitrogens with one attached hydrogen (secondary N) is 2. The number of halogens is 1. The van der Waals surface area contributed by atoms with Gasteiger partial charge < -0.3 is 5.32 Å². The normalized spacial score (nSPS) is 15.3. The Hall–Kier alpha value is -1.66. The number of nitrogens with zero attached hydrogens (tertiary/aromatic N) is 3. The third-order valence-electron chi connectivity index (χ3n) is 3.99. The predicted octanol–water partition coefficient (Wildman–Crippen LogP) is 3.60. The van der Waals surface area contributed by atoms with Gasteiger partial charge in [-0.05, 0) is 36.7 Å². The molecule has 1 heterocycles. The molecule has 5 nitrogen and oxygen atoms in total. The molecule has 0 saturated heterocycles. The van der Waals surface area contributed by atoms with E-state index in [1.165, 1.54) is 32.1 Å². The van der Waals surface area contributed by atoms with Crippen molar-refractivity contribution < 1.29 is 0 Å². The molecule has 3 rings (SSSR count). The fourth-order valence-corrected chi connectivity index (χ4v) is 3.25. The summed E-state index contributed by atoms with van der Waals surface area (Å²) in [6.45, 7) is 0.581. The van der Waals surface area contributed by atoms with Crippen molar-refractivity contribution in [1.82, 2.24) is 20.1 Å². The largest absolute Gasteiger partial charge is 0.360 e. The molecule has 2 N–H and O–H groups in total. The molecule has 0 bridgehead atoms. The number of benzene rings is 1. The Labute approximate surface area is 146 Å². The van der Waals surface area contributed by atoms with Crippen molar-refractivity contribution in [2.75, 3.05) is 5.32 Å². The van der Waals surface area contributed by atoms with Crippen LogP contribution in [0.2, 0.25) is 5.02 Å². The van der Waals surface area contributed by atoms with Crippen molar-refractivity contribution in [1.29, 1.82) is 0 Å². The lowest BCUT2D eigenvalue weighted by molar-refractivity contribution is 0.414. The highest BCUT2D eigenvalue weighted by molar-refractivity contribution is 7.80. The minimum atomic E-state index is 0.467. The fourth-order valence-electron chi connectivity index (χ4n) is 2.80. The number of rotatable bonds is 4.